The van der Waals surface area contributed by atoms with Gasteiger partial charge in [0.1, 0.15) is 6.29 Å². The number of nitrogens with two attached hydrogens (primary N) is 1. The lowest BCUT2D eigenvalue weighted by Gasteiger charge is -2.12. The van der Waals surface area contributed by atoms with Gasteiger partial charge in [0.15, 0.2) is 0 Å². The molecule has 0 bridgehead atoms. The number of nitrogens with one attached hydrogen (secondary N) is 2. The van der Waals surface area contributed by atoms with Crippen LogP contribution in [0.5, 0.6) is 0 Å². The first-order valence-electron chi connectivity index (χ1n) is 14.8. The van der Waals surface area contributed by atoms with Gasteiger partial charge in [-0.05, 0) is 72.6 Å². The molecule has 0 spiro atoms. The molecule has 0 saturated carbocycles. The van der Waals surface area contributed by atoms with E-state index in [1.54, 1.807) is 19.1 Å². The Balaban J connectivity index is -0.000000634. The summed E-state index contributed by atoms with van der Waals surface area (Å²) in [6.45, 7) is 14.3. The molecule has 0 aliphatic heterocycles. The van der Waals surface area contributed by atoms with Crippen molar-refractivity contribution in [2.24, 2.45) is 5.73 Å². The molecule has 0 aromatic heterocycles. The van der Waals surface area contributed by atoms with Crippen molar-refractivity contribution in [3.05, 3.63) is 102 Å². The van der Waals surface area contributed by atoms with Crippen LogP contribution >= 0.6 is 31.9 Å². The standard InChI is InChI=1S/C12H16F3N.C11H13BrF3N.C8H4BrF3O.C3H9N.2CH4/c1-8(2)16-7-10-4-9(3)5-11(6-10)12(13,14)15;1-7(2)16-6-8-3-9(11(13,14)15)5-10(12)4-8;9-7-2-5(4-13)1-6(3-7)8(10,11)12;1-3(2)4;;/h4-6,8,16H,7H2,1-3H3;3-5,7,16H,6H2,1-2H3;1-4H;3H,4H2,1-2H3;2*1H4. The van der Waals surface area contributed by atoms with Gasteiger partial charge in [0, 0.05) is 39.7 Å². The number of benzene rings is 3. The Bertz CT molecular complexity index is 1370. The minimum absolute atomic E-state index is 0. The SMILES string of the molecule is C.C.CC(C)N.CC(C)NCc1cc(Br)cc(C(F)(F)F)c1.Cc1cc(CNC(C)C)cc(C(F)(F)F)c1.O=Cc1cc(Br)cc(C(F)(F)F)c1. The minimum Gasteiger partial charge on any atom is -0.328 e. The first kappa shape index (κ1) is 52.9. The molecule has 0 saturated heterocycles. The molecule has 0 aliphatic carbocycles. The largest absolute Gasteiger partial charge is 0.416 e. The molecule has 0 heterocycles. The molecule has 0 amide bonds. The van der Waals surface area contributed by atoms with Crippen molar-refractivity contribution >= 4 is 38.1 Å². The van der Waals surface area contributed by atoms with Gasteiger partial charge in [-0.1, -0.05) is 99.9 Å². The van der Waals surface area contributed by atoms with Crippen molar-refractivity contribution < 1.29 is 44.3 Å². The van der Waals surface area contributed by atoms with E-state index in [0.29, 0.717) is 46.6 Å². The van der Waals surface area contributed by atoms with Crippen LogP contribution in [0.15, 0.2) is 63.5 Å². The van der Waals surface area contributed by atoms with Crippen LogP contribution in [0.3, 0.4) is 0 Å². The van der Waals surface area contributed by atoms with Gasteiger partial charge in [-0.15, -0.1) is 0 Å². The molecule has 4 N–H and O–H groups in total. The Morgan fingerprint density at radius 1 is 0.608 bits per heavy atom. The number of alkyl halides is 9. The van der Waals surface area contributed by atoms with E-state index in [0.717, 1.165) is 18.2 Å². The normalized spacial score (nSPS) is 11.3. The van der Waals surface area contributed by atoms with Gasteiger partial charge in [-0.3, -0.25) is 4.79 Å². The van der Waals surface area contributed by atoms with E-state index in [4.69, 9.17) is 5.73 Å². The quantitative estimate of drug-likeness (QED) is 0.163. The molecule has 0 atom stereocenters. The van der Waals surface area contributed by atoms with Gasteiger partial charge in [0.05, 0.1) is 16.7 Å². The molecular weight excluding hydrogens is 821 g/mol. The summed E-state index contributed by atoms with van der Waals surface area (Å²) in [6, 6.07) is 11.9. The molecule has 292 valence electrons. The first-order valence-corrected chi connectivity index (χ1v) is 16.4. The van der Waals surface area contributed by atoms with Crippen LogP contribution in [0.4, 0.5) is 39.5 Å². The molecule has 0 aliphatic rings. The summed E-state index contributed by atoms with van der Waals surface area (Å²) in [6.07, 6.45) is -12.6. The van der Waals surface area contributed by atoms with E-state index < -0.39 is 35.2 Å². The Hall–Kier alpha value is -2.46. The third kappa shape index (κ3) is 24.4. The van der Waals surface area contributed by atoms with E-state index in [1.165, 1.54) is 24.3 Å². The number of carbonyl (C=O) groups excluding carboxylic acids is 1. The molecule has 0 radical (unpaired) electrons. The average Bonchev–Trinajstić information content (AvgIpc) is 2.93. The Labute approximate surface area is 313 Å². The zero-order valence-corrected chi connectivity index (χ0v) is 31.2. The smallest absolute Gasteiger partial charge is 0.328 e. The predicted molar refractivity (Wildman–Crippen MR) is 197 cm³/mol. The summed E-state index contributed by atoms with van der Waals surface area (Å²) in [7, 11) is 0. The fraction of sp³-hybridized carbons (Fsp3) is 0.472. The van der Waals surface area contributed by atoms with E-state index >= 15 is 0 Å². The van der Waals surface area contributed by atoms with Gasteiger partial charge < -0.3 is 16.4 Å². The number of rotatable bonds is 7. The van der Waals surface area contributed by atoms with Crippen molar-refractivity contribution in [1.82, 2.24) is 10.6 Å². The molecule has 4 nitrogen and oxygen atoms in total. The fourth-order valence-corrected chi connectivity index (χ4v) is 4.58. The van der Waals surface area contributed by atoms with Gasteiger partial charge in [-0.25, -0.2) is 0 Å². The Morgan fingerprint density at radius 2 is 0.941 bits per heavy atom. The molecule has 15 heteroatoms. The van der Waals surface area contributed by atoms with Gasteiger partial charge in [-0.2, -0.15) is 39.5 Å². The number of aldehydes is 1. The van der Waals surface area contributed by atoms with Crippen molar-refractivity contribution in [2.75, 3.05) is 0 Å². The third-order valence-electron chi connectivity index (χ3n) is 5.56. The lowest BCUT2D eigenvalue weighted by Crippen LogP contribution is -2.22. The van der Waals surface area contributed by atoms with Crippen molar-refractivity contribution in [3.8, 4) is 0 Å². The molecule has 0 fully saturated rings. The summed E-state index contributed by atoms with van der Waals surface area (Å²) in [5, 5.41) is 6.18. The molecule has 3 aromatic carbocycles. The number of aryl methyl sites for hydroxylation is 1. The Kier molecular flexibility index (Phi) is 24.9. The van der Waals surface area contributed by atoms with E-state index in [1.807, 2.05) is 41.5 Å². The van der Waals surface area contributed by atoms with Crippen LogP contribution in [0, 0.1) is 6.92 Å². The molecule has 0 unspecified atom stereocenters. The maximum atomic E-state index is 12.5. The van der Waals surface area contributed by atoms with Gasteiger partial charge >= 0.3 is 18.5 Å². The fourth-order valence-electron chi connectivity index (χ4n) is 3.53. The van der Waals surface area contributed by atoms with E-state index in [-0.39, 0.29) is 37.0 Å². The molecular formula is C36H50Br2F9N3O. The Morgan fingerprint density at radius 3 is 1.29 bits per heavy atom. The number of carbonyl (C=O) groups is 1. The minimum atomic E-state index is -4.42. The maximum absolute atomic E-state index is 12.5. The van der Waals surface area contributed by atoms with Crippen LogP contribution < -0.4 is 16.4 Å². The molecule has 3 rings (SSSR count). The second kappa shape index (κ2) is 24.0. The topological polar surface area (TPSA) is 67.2 Å². The van der Waals surface area contributed by atoms with Crippen molar-refractivity contribution in [3.63, 3.8) is 0 Å². The summed E-state index contributed by atoms with van der Waals surface area (Å²) >= 11 is 5.97. The lowest BCUT2D eigenvalue weighted by atomic mass is 10.1. The summed E-state index contributed by atoms with van der Waals surface area (Å²) < 4.78 is 112. The lowest BCUT2D eigenvalue weighted by molar-refractivity contribution is -0.138. The summed E-state index contributed by atoms with van der Waals surface area (Å²) in [5.41, 5.74) is 5.01. The van der Waals surface area contributed by atoms with Gasteiger partial charge in [0.25, 0.3) is 0 Å². The zero-order valence-electron chi connectivity index (χ0n) is 28.1. The van der Waals surface area contributed by atoms with Crippen LogP contribution in [-0.2, 0) is 31.6 Å². The number of hydrogen-bond donors (Lipinski definition) is 3. The average molecular weight is 872 g/mol. The molecule has 3 aromatic rings. The highest BCUT2D eigenvalue weighted by Crippen LogP contribution is 2.33. The van der Waals surface area contributed by atoms with Crippen LogP contribution in [0.25, 0.3) is 0 Å². The second-order valence-corrected chi connectivity index (χ2v) is 13.6. The van der Waals surface area contributed by atoms with Crippen LogP contribution in [0.1, 0.15) is 100 Å². The van der Waals surface area contributed by atoms with Crippen LogP contribution in [0.2, 0.25) is 0 Å². The summed E-state index contributed by atoms with van der Waals surface area (Å²) in [4.78, 5) is 10.2. The van der Waals surface area contributed by atoms with E-state index in [9.17, 15) is 44.3 Å². The second-order valence-electron chi connectivity index (χ2n) is 11.8. The third-order valence-corrected chi connectivity index (χ3v) is 6.48. The first-order chi connectivity index (χ1) is 22.2. The summed E-state index contributed by atoms with van der Waals surface area (Å²) in [5.74, 6) is 0. The highest BCUT2D eigenvalue weighted by atomic mass is 79.9. The van der Waals surface area contributed by atoms with Crippen LogP contribution in [-0.4, -0.2) is 24.4 Å². The predicted octanol–water partition coefficient (Wildman–Crippen LogP) is 12.4. The number of hydrogen-bond acceptors (Lipinski definition) is 4. The van der Waals surface area contributed by atoms with E-state index in [2.05, 4.69) is 42.5 Å². The highest BCUT2D eigenvalue weighted by Gasteiger charge is 2.32. The maximum Gasteiger partial charge on any atom is 0.416 e. The molecule has 51 heavy (non-hydrogen) atoms. The monoisotopic (exact) mass is 869 g/mol. The zero-order chi connectivity index (χ0) is 38.3. The number of halogens is 11. The highest BCUT2D eigenvalue weighted by molar-refractivity contribution is 9.10. The van der Waals surface area contributed by atoms with Gasteiger partial charge in [0.2, 0.25) is 0 Å². The van der Waals surface area contributed by atoms with Crippen molar-refractivity contribution in [1.29, 1.82) is 0 Å². The van der Waals surface area contributed by atoms with Crippen molar-refractivity contribution in [2.45, 2.75) is 113 Å².